The van der Waals surface area contributed by atoms with Gasteiger partial charge in [0.25, 0.3) is 5.91 Å². The van der Waals surface area contributed by atoms with Crippen LogP contribution in [0.5, 0.6) is 5.75 Å². The summed E-state index contributed by atoms with van der Waals surface area (Å²) >= 11 is 7.48. The van der Waals surface area contributed by atoms with Crippen LogP contribution in [0.2, 0.25) is 5.02 Å². The first-order valence-electron chi connectivity index (χ1n) is 6.71. The van der Waals surface area contributed by atoms with Crippen molar-refractivity contribution in [1.29, 1.82) is 5.26 Å². The summed E-state index contributed by atoms with van der Waals surface area (Å²) < 4.78 is 5.34. The van der Waals surface area contributed by atoms with Gasteiger partial charge >= 0.3 is 0 Å². The SMILES string of the molecule is CCOc1ccc(C(=O)Nc2sc(C)c(C)c2C#N)cc1Cl. The molecular formula is C16H15ClN2O2S. The Morgan fingerprint density at radius 3 is 2.77 bits per heavy atom. The van der Waals surface area contributed by atoms with E-state index in [1.807, 2.05) is 20.8 Å². The van der Waals surface area contributed by atoms with Crippen molar-refractivity contribution in [3.63, 3.8) is 0 Å². The molecule has 0 bridgehead atoms. The van der Waals surface area contributed by atoms with Gasteiger partial charge in [-0.3, -0.25) is 4.79 Å². The van der Waals surface area contributed by atoms with Crippen LogP contribution in [0.25, 0.3) is 0 Å². The molecule has 0 atom stereocenters. The van der Waals surface area contributed by atoms with Crippen LogP contribution in [0.1, 0.15) is 33.3 Å². The van der Waals surface area contributed by atoms with Gasteiger partial charge in [-0.15, -0.1) is 11.3 Å². The van der Waals surface area contributed by atoms with E-state index in [0.717, 1.165) is 10.4 Å². The number of amides is 1. The summed E-state index contributed by atoms with van der Waals surface area (Å²) in [5.74, 6) is 0.240. The lowest BCUT2D eigenvalue weighted by atomic mass is 10.1. The van der Waals surface area contributed by atoms with Gasteiger partial charge in [-0.1, -0.05) is 11.6 Å². The molecular weight excluding hydrogens is 320 g/mol. The predicted octanol–water partition coefficient (Wildman–Crippen LogP) is 4.54. The van der Waals surface area contributed by atoms with E-state index in [4.69, 9.17) is 16.3 Å². The van der Waals surface area contributed by atoms with Gasteiger partial charge in [-0.05, 0) is 44.5 Å². The number of nitrogens with zero attached hydrogens (tertiary/aromatic N) is 1. The molecule has 1 amide bonds. The molecule has 0 saturated carbocycles. The fourth-order valence-electron chi connectivity index (χ4n) is 1.94. The fourth-order valence-corrected chi connectivity index (χ4v) is 3.18. The largest absolute Gasteiger partial charge is 0.492 e. The number of nitrogens with one attached hydrogen (secondary N) is 1. The van der Waals surface area contributed by atoms with Gasteiger partial charge in [0.2, 0.25) is 0 Å². The summed E-state index contributed by atoms with van der Waals surface area (Å²) in [5, 5.41) is 12.9. The van der Waals surface area contributed by atoms with Crippen LogP contribution in [0.15, 0.2) is 18.2 Å². The molecule has 0 fully saturated rings. The van der Waals surface area contributed by atoms with Crippen molar-refractivity contribution in [2.45, 2.75) is 20.8 Å². The molecule has 1 aromatic carbocycles. The summed E-state index contributed by atoms with van der Waals surface area (Å²) in [6, 6.07) is 6.99. The highest BCUT2D eigenvalue weighted by Crippen LogP contribution is 2.32. The second-order valence-corrected chi connectivity index (χ2v) is 6.26. The maximum Gasteiger partial charge on any atom is 0.256 e. The summed E-state index contributed by atoms with van der Waals surface area (Å²) in [5.41, 5.74) is 1.82. The third-order valence-corrected chi connectivity index (χ3v) is 4.64. The third-order valence-electron chi connectivity index (χ3n) is 3.22. The minimum absolute atomic E-state index is 0.303. The van der Waals surface area contributed by atoms with Crippen LogP contribution in [-0.4, -0.2) is 12.5 Å². The maximum absolute atomic E-state index is 12.3. The first kappa shape index (κ1) is 16.3. The van der Waals surface area contributed by atoms with Crippen molar-refractivity contribution >= 4 is 33.8 Å². The molecule has 0 aliphatic heterocycles. The summed E-state index contributed by atoms with van der Waals surface area (Å²) in [4.78, 5) is 13.3. The lowest BCUT2D eigenvalue weighted by Crippen LogP contribution is -2.11. The Labute approximate surface area is 138 Å². The van der Waals surface area contributed by atoms with Gasteiger partial charge in [0.05, 0.1) is 17.2 Å². The maximum atomic E-state index is 12.3. The zero-order valence-electron chi connectivity index (χ0n) is 12.5. The van der Waals surface area contributed by atoms with Gasteiger partial charge in [0, 0.05) is 10.4 Å². The Hall–Kier alpha value is -2.03. The van der Waals surface area contributed by atoms with Crippen LogP contribution in [0, 0.1) is 25.2 Å². The average molecular weight is 335 g/mol. The Balaban J connectivity index is 2.25. The van der Waals surface area contributed by atoms with E-state index in [9.17, 15) is 10.1 Å². The lowest BCUT2D eigenvalue weighted by molar-refractivity contribution is 0.102. The zero-order chi connectivity index (χ0) is 16.3. The molecule has 4 nitrogen and oxygen atoms in total. The highest BCUT2D eigenvalue weighted by atomic mass is 35.5. The second kappa shape index (κ2) is 6.82. The van der Waals surface area contributed by atoms with Gasteiger partial charge < -0.3 is 10.1 Å². The number of hydrogen-bond donors (Lipinski definition) is 1. The van der Waals surface area contributed by atoms with Crippen molar-refractivity contribution in [3.8, 4) is 11.8 Å². The molecule has 1 N–H and O–H groups in total. The molecule has 2 rings (SSSR count). The smallest absolute Gasteiger partial charge is 0.256 e. The fraction of sp³-hybridized carbons (Fsp3) is 0.250. The molecule has 2 aromatic rings. The van der Waals surface area contributed by atoms with Crippen LogP contribution in [0.3, 0.4) is 0 Å². The van der Waals surface area contributed by atoms with Crippen molar-refractivity contribution < 1.29 is 9.53 Å². The molecule has 0 aliphatic rings. The van der Waals surface area contributed by atoms with Gasteiger partial charge in [0.15, 0.2) is 0 Å². The van der Waals surface area contributed by atoms with Crippen LogP contribution < -0.4 is 10.1 Å². The number of aryl methyl sites for hydroxylation is 1. The molecule has 114 valence electrons. The number of halogens is 1. The van der Waals surface area contributed by atoms with Crippen molar-refractivity contribution in [3.05, 3.63) is 44.8 Å². The zero-order valence-corrected chi connectivity index (χ0v) is 14.1. The second-order valence-electron chi connectivity index (χ2n) is 4.63. The average Bonchev–Trinajstić information content (AvgIpc) is 2.75. The number of rotatable bonds is 4. The van der Waals surface area contributed by atoms with E-state index >= 15 is 0 Å². The molecule has 6 heteroatoms. The topological polar surface area (TPSA) is 62.1 Å². The molecule has 0 saturated heterocycles. The Bertz CT molecular complexity index is 762. The minimum atomic E-state index is -0.303. The number of anilines is 1. The van der Waals surface area contributed by atoms with E-state index in [1.165, 1.54) is 11.3 Å². The number of carbonyl (C=O) groups is 1. The number of carbonyl (C=O) groups excluding carboxylic acids is 1. The van der Waals surface area contributed by atoms with E-state index in [1.54, 1.807) is 18.2 Å². The molecule has 0 spiro atoms. The highest BCUT2D eigenvalue weighted by Gasteiger charge is 2.16. The van der Waals surface area contributed by atoms with Crippen molar-refractivity contribution in [2.24, 2.45) is 0 Å². The van der Waals surface area contributed by atoms with Crippen LogP contribution in [-0.2, 0) is 0 Å². The predicted molar refractivity (Wildman–Crippen MR) is 89.1 cm³/mol. The van der Waals surface area contributed by atoms with E-state index in [2.05, 4.69) is 11.4 Å². The molecule has 1 aromatic heterocycles. The summed E-state index contributed by atoms with van der Waals surface area (Å²) in [6.45, 7) is 6.16. The van der Waals surface area contributed by atoms with Crippen LogP contribution >= 0.6 is 22.9 Å². The number of ether oxygens (including phenoxy) is 1. The van der Waals surface area contributed by atoms with Crippen molar-refractivity contribution in [1.82, 2.24) is 0 Å². The Morgan fingerprint density at radius 1 is 1.45 bits per heavy atom. The van der Waals surface area contributed by atoms with Gasteiger partial charge in [-0.25, -0.2) is 0 Å². The number of thiophene rings is 1. The van der Waals surface area contributed by atoms with Crippen molar-refractivity contribution in [2.75, 3.05) is 11.9 Å². The normalized spacial score (nSPS) is 10.1. The van der Waals surface area contributed by atoms with E-state index in [-0.39, 0.29) is 5.91 Å². The van der Waals surface area contributed by atoms with Gasteiger partial charge in [0.1, 0.15) is 16.8 Å². The number of hydrogen-bond acceptors (Lipinski definition) is 4. The van der Waals surface area contributed by atoms with E-state index in [0.29, 0.717) is 33.5 Å². The highest BCUT2D eigenvalue weighted by molar-refractivity contribution is 7.16. The molecule has 0 aliphatic carbocycles. The minimum Gasteiger partial charge on any atom is -0.492 e. The summed E-state index contributed by atoms with van der Waals surface area (Å²) in [6.07, 6.45) is 0. The Morgan fingerprint density at radius 2 is 2.18 bits per heavy atom. The quantitative estimate of drug-likeness (QED) is 0.892. The van der Waals surface area contributed by atoms with E-state index < -0.39 is 0 Å². The van der Waals surface area contributed by atoms with Gasteiger partial charge in [-0.2, -0.15) is 5.26 Å². The molecule has 0 radical (unpaired) electrons. The molecule has 1 heterocycles. The molecule has 22 heavy (non-hydrogen) atoms. The standard InChI is InChI=1S/C16H15ClN2O2S/c1-4-21-14-6-5-11(7-13(14)17)15(20)19-16-12(8-18)9(2)10(3)22-16/h5-7H,4H2,1-3H3,(H,19,20). The Kier molecular flexibility index (Phi) is 5.07. The molecule has 0 unspecified atom stereocenters. The lowest BCUT2D eigenvalue weighted by Gasteiger charge is -2.08. The number of benzene rings is 1. The third kappa shape index (κ3) is 3.24. The first-order valence-corrected chi connectivity index (χ1v) is 7.91. The number of nitriles is 1. The first-order chi connectivity index (χ1) is 10.5. The monoisotopic (exact) mass is 334 g/mol. The summed E-state index contributed by atoms with van der Waals surface area (Å²) in [7, 11) is 0. The van der Waals surface area contributed by atoms with Crippen LogP contribution in [0.4, 0.5) is 5.00 Å².